The third kappa shape index (κ3) is 1.16. The summed E-state index contributed by atoms with van der Waals surface area (Å²) in [6, 6.07) is -0.321. The van der Waals surface area contributed by atoms with Crippen LogP contribution in [0.1, 0.15) is 6.92 Å². The second-order valence-corrected chi connectivity index (χ2v) is 2.60. The molecule has 1 saturated heterocycles. The molecule has 0 aliphatic carbocycles. The molecule has 0 spiro atoms. The van der Waals surface area contributed by atoms with Crippen LogP contribution in [0.3, 0.4) is 0 Å². The summed E-state index contributed by atoms with van der Waals surface area (Å²) in [4.78, 5) is 24.7. The lowest BCUT2D eigenvalue weighted by Crippen LogP contribution is -2.33. The smallest absolute Gasteiger partial charge is 0.328 e. The van der Waals surface area contributed by atoms with Gasteiger partial charge in [0.2, 0.25) is 6.23 Å². The van der Waals surface area contributed by atoms with Crippen molar-refractivity contribution in [2.45, 2.75) is 13.2 Å². The van der Waals surface area contributed by atoms with E-state index in [0.29, 0.717) is 6.61 Å². The van der Waals surface area contributed by atoms with E-state index >= 15 is 0 Å². The highest BCUT2D eigenvalue weighted by molar-refractivity contribution is 6.02. The number of ether oxygens (including phenoxy) is 1. The number of urea groups is 1. The molecule has 0 aromatic carbocycles. The molecule has 1 aliphatic heterocycles. The predicted octanol–water partition coefficient (Wildman–Crippen LogP) is -0.127. The van der Waals surface area contributed by atoms with Crippen LogP contribution in [0.15, 0.2) is 0 Å². The van der Waals surface area contributed by atoms with Crippen molar-refractivity contribution in [1.82, 2.24) is 9.80 Å². The van der Waals surface area contributed by atoms with Crippen LogP contribution in [0, 0.1) is 0 Å². The average Bonchev–Trinajstić information content (AvgIpc) is 2.23. The van der Waals surface area contributed by atoms with Crippen LogP contribution in [0.4, 0.5) is 4.79 Å². The van der Waals surface area contributed by atoms with E-state index in [9.17, 15) is 9.59 Å². The van der Waals surface area contributed by atoms with E-state index in [1.807, 2.05) is 0 Å². The molecule has 0 radical (unpaired) electrons. The number of hydrogen-bond acceptors (Lipinski definition) is 3. The fraction of sp³-hybridized carbons (Fsp3) is 0.714. The lowest BCUT2D eigenvalue weighted by Gasteiger charge is -2.14. The van der Waals surface area contributed by atoms with E-state index in [1.54, 1.807) is 14.0 Å². The number of imide groups is 1. The maximum Gasteiger partial charge on any atom is 0.328 e. The van der Waals surface area contributed by atoms with E-state index in [-0.39, 0.29) is 11.9 Å². The molecule has 0 N–H and O–H groups in total. The second kappa shape index (κ2) is 3.10. The lowest BCUT2D eigenvalue weighted by molar-refractivity contribution is -0.139. The first-order valence-electron chi connectivity index (χ1n) is 3.75. The first kappa shape index (κ1) is 8.99. The molecule has 1 unspecified atom stereocenters. The van der Waals surface area contributed by atoms with Gasteiger partial charge in [-0.2, -0.15) is 0 Å². The SMILES string of the molecule is CCOC1C(=O)N(C)C(=O)N1C. The molecule has 68 valence electrons. The summed E-state index contributed by atoms with van der Waals surface area (Å²) in [6.45, 7) is 2.20. The van der Waals surface area contributed by atoms with Gasteiger partial charge in [0.25, 0.3) is 5.91 Å². The van der Waals surface area contributed by atoms with Crippen LogP contribution in [0.5, 0.6) is 0 Å². The molecule has 0 aromatic rings. The van der Waals surface area contributed by atoms with Crippen molar-refractivity contribution in [2.24, 2.45) is 0 Å². The number of likely N-dealkylation sites (N-methyl/N-ethyl adjacent to an activating group) is 2. The van der Waals surface area contributed by atoms with Crippen LogP contribution in [-0.4, -0.2) is 48.7 Å². The summed E-state index contributed by atoms with van der Waals surface area (Å²) in [7, 11) is 2.99. The first-order chi connectivity index (χ1) is 5.59. The Morgan fingerprint density at radius 3 is 2.33 bits per heavy atom. The molecule has 0 saturated carbocycles. The van der Waals surface area contributed by atoms with Crippen molar-refractivity contribution in [1.29, 1.82) is 0 Å². The minimum Gasteiger partial charge on any atom is -0.350 e. The molecule has 1 rings (SSSR count). The monoisotopic (exact) mass is 172 g/mol. The summed E-state index contributed by atoms with van der Waals surface area (Å²) in [5.41, 5.74) is 0. The molecule has 1 atom stereocenters. The zero-order chi connectivity index (χ0) is 9.30. The minimum absolute atomic E-state index is 0.302. The molecule has 1 fully saturated rings. The summed E-state index contributed by atoms with van der Waals surface area (Å²) in [5, 5.41) is 0. The van der Waals surface area contributed by atoms with Crippen LogP contribution >= 0.6 is 0 Å². The molecule has 5 nitrogen and oxygen atoms in total. The Kier molecular flexibility index (Phi) is 2.32. The quantitative estimate of drug-likeness (QED) is 0.545. The van der Waals surface area contributed by atoms with Gasteiger partial charge in [-0.15, -0.1) is 0 Å². The lowest BCUT2D eigenvalue weighted by atomic mass is 10.5. The van der Waals surface area contributed by atoms with Crippen molar-refractivity contribution in [3.05, 3.63) is 0 Å². The van der Waals surface area contributed by atoms with Gasteiger partial charge in [0, 0.05) is 20.7 Å². The fourth-order valence-electron chi connectivity index (χ4n) is 1.10. The maximum atomic E-state index is 11.3. The number of carbonyl (C=O) groups excluding carboxylic acids is 2. The van der Waals surface area contributed by atoms with Gasteiger partial charge in [0.05, 0.1) is 0 Å². The second-order valence-electron chi connectivity index (χ2n) is 2.60. The molecular formula is C7H12N2O3. The van der Waals surface area contributed by atoms with Gasteiger partial charge in [0.15, 0.2) is 0 Å². The highest BCUT2D eigenvalue weighted by Crippen LogP contribution is 2.14. The average molecular weight is 172 g/mol. The summed E-state index contributed by atoms with van der Waals surface area (Å²) in [6.07, 6.45) is -0.729. The molecule has 0 bridgehead atoms. The van der Waals surface area contributed by atoms with Crippen LogP contribution in [0.2, 0.25) is 0 Å². The predicted molar refractivity (Wildman–Crippen MR) is 41.3 cm³/mol. The normalized spacial score (nSPS) is 24.1. The van der Waals surface area contributed by atoms with Gasteiger partial charge in [-0.05, 0) is 6.92 Å². The van der Waals surface area contributed by atoms with E-state index in [2.05, 4.69) is 0 Å². The van der Waals surface area contributed by atoms with E-state index in [4.69, 9.17) is 4.74 Å². The largest absolute Gasteiger partial charge is 0.350 e. The minimum atomic E-state index is -0.729. The number of amides is 3. The van der Waals surface area contributed by atoms with Crippen LogP contribution in [-0.2, 0) is 9.53 Å². The molecule has 1 heterocycles. The van der Waals surface area contributed by atoms with Gasteiger partial charge >= 0.3 is 6.03 Å². The highest BCUT2D eigenvalue weighted by atomic mass is 16.5. The third-order valence-corrected chi connectivity index (χ3v) is 1.81. The Hall–Kier alpha value is -1.10. The van der Waals surface area contributed by atoms with E-state index < -0.39 is 6.23 Å². The van der Waals surface area contributed by atoms with Crippen molar-refractivity contribution in [3.63, 3.8) is 0 Å². The molecule has 12 heavy (non-hydrogen) atoms. The first-order valence-corrected chi connectivity index (χ1v) is 3.75. The van der Waals surface area contributed by atoms with Crippen molar-refractivity contribution in [2.75, 3.05) is 20.7 Å². The Balaban J connectivity index is 2.76. The summed E-state index contributed by atoms with van der Waals surface area (Å²) < 4.78 is 5.08. The number of nitrogens with zero attached hydrogens (tertiary/aromatic N) is 2. The van der Waals surface area contributed by atoms with Crippen LogP contribution < -0.4 is 0 Å². The third-order valence-electron chi connectivity index (χ3n) is 1.81. The number of rotatable bonds is 2. The topological polar surface area (TPSA) is 49.9 Å². The van der Waals surface area contributed by atoms with E-state index in [0.717, 1.165) is 4.90 Å². The Morgan fingerprint density at radius 1 is 1.42 bits per heavy atom. The van der Waals surface area contributed by atoms with Crippen molar-refractivity contribution < 1.29 is 14.3 Å². The zero-order valence-corrected chi connectivity index (χ0v) is 7.40. The Labute approximate surface area is 70.9 Å². The van der Waals surface area contributed by atoms with Gasteiger partial charge < -0.3 is 4.74 Å². The van der Waals surface area contributed by atoms with Gasteiger partial charge in [-0.25, -0.2) is 4.79 Å². The maximum absolute atomic E-state index is 11.3. The number of carbonyl (C=O) groups is 2. The standard InChI is InChI=1S/C7H12N2O3/c1-4-12-6-5(10)8(2)7(11)9(6)3/h6H,4H2,1-3H3. The Bertz CT molecular complexity index is 217. The van der Waals surface area contributed by atoms with Gasteiger partial charge in [0.1, 0.15) is 0 Å². The fourth-order valence-corrected chi connectivity index (χ4v) is 1.10. The van der Waals surface area contributed by atoms with Crippen molar-refractivity contribution >= 4 is 11.9 Å². The Morgan fingerprint density at radius 2 is 2.00 bits per heavy atom. The summed E-state index contributed by atoms with van der Waals surface area (Å²) in [5.74, 6) is -0.302. The van der Waals surface area contributed by atoms with E-state index in [1.165, 1.54) is 11.9 Å². The molecular weight excluding hydrogens is 160 g/mol. The molecule has 5 heteroatoms. The van der Waals surface area contributed by atoms with Crippen LogP contribution in [0.25, 0.3) is 0 Å². The van der Waals surface area contributed by atoms with Gasteiger partial charge in [-0.3, -0.25) is 14.6 Å². The number of hydrogen-bond donors (Lipinski definition) is 0. The molecule has 1 aliphatic rings. The summed E-state index contributed by atoms with van der Waals surface area (Å²) >= 11 is 0. The zero-order valence-electron chi connectivity index (χ0n) is 7.40. The van der Waals surface area contributed by atoms with Gasteiger partial charge in [-0.1, -0.05) is 0 Å². The highest BCUT2D eigenvalue weighted by Gasteiger charge is 2.41. The van der Waals surface area contributed by atoms with Crippen molar-refractivity contribution in [3.8, 4) is 0 Å². The molecule has 0 aromatic heterocycles. The molecule has 3 amide bonds.